The smallest absolute Gasteiger partial charge is 0.347 e. The molecule has 0 saturated heterocycles. The SMILES string of the molecule is CCCOc1ccccc1C1C(C#N)=C(N)Oc2cc(OC(=O)c3ccccc3OC)ccc21. The Bertz CT molecular complexity index is 1290. The molecule has 1 aliphatic rings. The lowest BCUT2D eigenvalue weighted by Crippen LogP contribution is -2.21. The largest absolute Gasteiger partial charge is 0.496 e. The van der Waals surface area contributed by atoms with Crippen LogP contribution in [-0.4, -0.2) is 19.7 Å². The number of nitriles is 1. The van der Waals surface area contributed by atoms with Gasteiger partial charge in [-0.2, -0.15) is 5.26 Å². The first kappa shape index (κ1) is 22.7. The predicted octanol–water partition coefficient (Wildman–Crippen LogP) is 4.92. The molecule has 0 saturated carbocycles. The Hall–Kier alpha value is -4.44. The van der Waals surface area contributed by atoms with Crippen molar-refractivity contribution in [2.75, 3.05) is 13.7 Å². The maximum atomic E-state index is 12.7. The molecule has 34 heavy (non-hydrogen) atoms. The van der Waals surface area contributed by atoms with E-state index in [9.17, 15) is 10.1 Å². The zero-order valence-electron chi connectivity index (χ0n) is 18.9. The van der Waals surface area contributed by atoms with E-state index in [1.807, 2.05) is 31.2 Å². The second kappa shape index (κ2) is 10.0. The Morgan fingerprint density at radius 1 is 1.06 bits per heavy atom. The molecule has 7 nitrogen and oxygen atoms in total. The fraction of sp³-hybridized carbons (Fsp3) is 0.185. The molecule has 1 unspecified atom stereocenters. The topological polar surface area (TPSA) is 104 Å². The van der Waals surface area contributed by atoms with Gasteiger partial charge in [-0.05, 0) is 30.7 Å². The van der Waals surface area contributed by atoms with Crippen molar-refractivity contribution in [1.82, 2.24) is 0 Å². The number of ether oxygens (including phenoxy) is 4. The van der Waals surface area contributed by atoms with Gasteiger partial charge in [-0.3, -0.25) is 0 Å². The first-order chi connectivity index (χ1) is 16.6. The molecule has 0 aromatic heterocycles. The highest BCUT2D eigenvalue weighted by atomic mass is 16.5. The van der Waals surface area contributed by atoms with Gasteiger partial charge in [-0.1, -0.05) is 43.3 Å². The lowest BCUT2D eigenvalue weighted by Gasteiger charge is -2.28. The van der Waals surface area contributed by atoms with Crippen molar-refractivity contribution >= 4 is 5.97 Å². The third kappa shape index (κ3) is 4.39. The highest BCUT2D eigenvalue weighted by Crippen LogP contribution is 2.46. The average Bonchev–Trinajstić information content (AvgIpc) is 2.86. The molecule has 4 rings (SSSR count). The molecule has 7 heteroatoms. The molecule has 0 radical (unpaired) electrons. The predicted molar refractivity (Wildman–Crippen MR) is 126 cm³/mol. The van der Waals surface area contributed by atoms with Crippen molar-refractivity contribution in [3.63, 3.8) is 0 Å². The molecular weight excluding hydrogens is 432 g/mol. The number of hydrogen-bond donors (Lipinski definition) is 1. The third-order valence-corrected chi connectivity index (χ3v) is 5.42. The minimum absolute atomic E-state index is 0.00139. The van der Waals surface area contributed by atoms with Gasteiger partial charge in [0, 0.05) is 17.2 Å². The summed E-state index contributed by atoms with van der Waals surface area (Å²) in [7, 11) is 1.49. The van der Waals surface area contributed by atoms with Crippen molar-refractivity contribution in [2.24, 2.45) is 5.73 Å². The normalized spacial score (nSPS) is 14.4. The molecule has 3 aromatic carbocycles. The summed E-state index contributed by atoms with van der Waals surface area (Å²) in [5.41, 5.74) is 8.25. The molecule has 2 N–H and O–H groups in total. The van der Waals surface area contributed by atoms with Crippen LogP contribution in [0.2, 0.25) is 0 Å². The van der Waals surface area contributed by atoms with Gasteiger partial charge in [0.05, 0.1) is 19.6 Å². The van der Waals surface area contributed by atoms with Gasteiger partial charge in [0.2, 0.25) is 5.88 Å². The average molecular weight is 456 g/mol. The Morgan fingerprint density at radius 3 is 2.53 bits per heavy atom. The fourth-order valence-electron chi connectivity index (χ4n) is 3.86. The summed E-state index contributed by atoms with van der Waals surface area (Å²) in [6, 6.07) is 21.6. The summed E-state index contributed by atoms with van der Waals surface area (Å²) in [6.45, 7) is 2.57. The van der Waals surface area contributed by atoms with E-state index in [2.05, 4.69) is 6.07 Å². The van der Waals surface area contributed by atoms with Crippen LogP contribution in [0.5, 0.6) is 23.0 Å². The van der Waals surface area contributed by atoms with Crippen LogP contribution in [0, 0.1) is 11.3 Å². The monoisotopic (exact) mass is 456 g/mol. The number of hydrogen-bond acceptors (Lipinski definition) is 7. The summed E-state index contributed by atoms with van der Waals surface area (Å²) in [4.78, 5) is 12.7. The zero-order valence-corrected chi connectivity index (χ0v) is 18.9. The molecule has 1 heterocycles. The molecule has 3 aromatic rings. The van der Waals surface area contributed by atoms with Crippen molar-refractivity contribution in [3.05, 3.63) is 94.9 Å². The van der Waals surface area contributed by atoms with Crippen molar-refractivity contribution in [1.29, 1.82) is 5.26 Å². The van der Waals surface area contributed by atoms with E-state index in [1.54, 1.807) is 42.5 Å². The van der Waals surface area contributed by atoms with Crippen molar-refractivity contribution < 1.29 is 23.7 Å². The first-order valence-corrected chi connectivity index (χ1v) is 10.9. The standard InChI is InChI=1S/C27H24N2O5/c1-3-14-32-23-11-7-4-8-18(23)25-19-13-12-17(15-24(19)34-26(29)21(25)16-28)33-27(30)20-9-5-6-10-22(20)31-2/h4-13,15,25H,3,14,29H2,1-2H3. The lowest BCUT2D eigenvalue weighted by atomic mass is 9.83. The molecule has 0 spiro atoms. The Labute approximate surface area is 197 Å². The number of fused-ring (bicyclic) bond motifs is 1. The molecule has 0 fully saturated rings. The Balaban J connectivity index is 1.71. The number of methoxy groups -OCH3 is 1. The maximum Gasteiger partial charge on any atom is 0.347 e. The number of carbonyl (C=O) groups excluding carboxylic acids is 1. The maximum absolute atomic E-state index is 12.7. The van der Waals surface area contributed by atoms with E-state index in [0.29, 0.717) is 35.0 Å². The highest BCUT2D eigenvalue weighted by molar-refractivity contribution is 5.94. The number of nitrogens with two attached hydrogens (primary N) is 1. The fourth-order valence-corrected chi connectivity index (χ4v) is 3.86. The molecule has 172 valence electrons. The van der Waals surface area contributed by atoms with E-state index in [-0.39, 0.29) is 11.6 Å². The van der Waals surface area contributed by atoms with Crippen LogP contribution in [0.3, 0.4) is 0 Å². The number of esters is 1. The lowest BCUT2D eigenvalue weighted by molar-refractivity contribution is 0.0731. The summed E-state index contributed by atoms with van der Waals surface area (Å²) < 4.78 is 22.5. The molecule has 0 bridgehead atoms. The molecular formula is C27H24N2O5. The number of para-hydroxylation sites is 2. The highest BCUT2D eigenvalue weighted by Gasteiger charge is 2.33. The van der Waals surface area contributed by atoms with Crippen LogP contribution in [-0.2, 0) is 0 Å². The van der Waals surface area contributed by atoms with Crippen LogP contribution < -0.4 is 24.7 Å². The van der Waals surface area contributed by atoms with Crippen molar-refractivity contribution in [3.8, 4) is 29.1 Å². The Kier molecular flexibility index (Phi) is 6.69. The van der Waals surface area contributed by atoms with Gasteiger partial charge < -0.3 is 24.7 Å². The quantitative estimate of drug-likeness (QED) is 0.397. The summed E-state index contributed by atoms with van der Waals surface area (Å²) in [6.07, 6.45) is 0.850. The zero-order chi connectivity index (χ0) is 24.1. The van der Waals surface area contributed by atoms with Gasteiger partial charge in [0.25, 0.3) is 0 Å². The van der Waals surface area contributed by atoms with Gasteiger partial charge in [-0.25, -0.2) is 4.79 Å². The number of nitrogens with zero attached hydrogens (tertiary/aromatic N) is 1. The van der Waals surface area contributed by atoms with E-state index in [4.69, 9.17) is 24.7 Å². The molecule has 1 aliphatic heterocycles. The van der Waals surface area contributed by atoms with E-state index in [1.165, 1.54) is 7.11 Å². The van der Waals surface area contributed by atoms with Crippen molar-refractivity contribution in [2.45, 2.75) is 19.3 Å². The molecule has 0 amide bonds. The van der Waals surface area contributed by atoms with Gasteiger partial charge in [0.1, 0.15) is 40.2 Å². The van der Waals surface area contributed by atoms with Crippen LogP contribution in [0.4, 0.5) is 0 Å². The minimum atomic E-state index is -0.565. The molecule has 0 aliphatic carbocycles. The molecule has 1 atom stereocenters. The second-order valence-electron chi connectivity index (χ2n) is 7.60. The summed E-state index contributed by atoms with van der Waals surface area (Å²) >= 11 is 0. The van der Waals surface area contributed by atoms with Crippen LogP contribution >= 0.6 is 0 Å². The first-order valence-electron chi connectivity index (χ1n) is 10.9. The third-order valence-electron chi connectivity index (χ3n) is 5.42. The van der Waals surface area contributed by atoms with Crippen LogP contribution in [0.15, 0.2) is 78.2 Å². The second-order valence-corrected chi connectivity index (χ2v) is 7.60. The Morgan fingerprint density at radius 2 is 1.79 bits per heavy atom. The summed E-state index contributed by atoms with van der Waals surface area (Å²) in [5, 5.41) is 9.84. The van der Waals surface area contributed by atoms with Crippen LogP contribution in [0.25, 0.3) is 0 Å². The van der Waals surface area contributed by atoms with Crippen LogP contribution in [0.1, 0.15) is 40.7 Å². The van der Waals surface area contributed by atoms with Gasteiger partial charge in [0.15, 0.2) is 0 Å². The minimum Gasteiger partial charge on any atom is -0.496 e. The number of carbonyl (C=O) groups is 1. The van der Waals surface area contributed by atoms with E-state index < -0.39 is 11.9 Å². The van der Waals surface area contributed by atoms with Gasteiger partial charge in [-0.15, -0.1) is 0 Å². The van der Waals surface area contributed by atoms with Gasteiger partial charge >= 0.3 is 5.97 Å². The van der Waals surface area contributed by atoms with E-state index in [0.717, 1.165) is 17.5 Å². The summed E-state index contributed by atoms with van der Waals surface area (Å²) in [5.74, 6) is 0.712. The number of allylic oxidation sites excluding steroid dienone is 1. The number of rotatable bonds is 7. The van der Waals surface area contributed by atoms with E-state index >= 15 is 0 Å². The number of benzene rings is 3.